The van der Waals surface area contributed by atoms with Crippen LogP contribution in [0.3, 0.4) is 0 Å². The van der Waals surface area contributed by atoms with Gasteiger partial charge in [0.1, 0.15) is 5.75 Å². The van der Waals surface area contributed by atoms with Crippen molar-refractivity contribution in [3.63, 3.8) is 0 Å². The molecule has 3 nitrogen and oxygen atoms in total. The van der Waals surface area contributed by atoms with Crippen LogP contribution < -0.4 is 4.90 Å². The molecule has 0 bridgehead atoms. The highest BCUT2D eigenvalue weighted by Gasteiger charge is 2.15. The summed E-state index contributed by atoms with van der Waals surface area (Å²) in [4.78, 5) is 1.69. The molecule has 0 saturated carbocycles. The monoisotopic (exact) mass is 261 g/mol. The Morgan fingerprint density at radius 1 is 1.28 bits per heavy atom. The summed E-state index contributed by atoms with van der Waals surface area (Å²) in [5.74, 6) is 0.193. The van der Waals surface area contributed by atoms with Crippen LogP contribution in [-0.2, 0) is 4.74 Å². The van der Waals surface area contributed by atoms with Crippen molar-refractivity contribution in [3.8, 4) is 5.75 Å². The zero-order valence-corrected chi connectivity index (χ0v) is 11.2. The van der Waals surface area contributed by atoms with Crippen LogP contribution in [0.5, 0.6) is 5.75 Å². The third kappa shape index (κ3) is 2.24. The normalized spacial score (nSPS) is 10.3. The third-order valence-corrected chi connectivity index (χ3v) is 3.15. The minimum Gasteiger partial charge on any atom is -0.506 e. The van der Waals surface area contributed by atoms with Crippen molar-refractivity contribution in [2.75, 3.05) is 18.6 Å². The first-order valence-corrected chi connectivity index (χ1v) is 6.17. The molecule has 0 aliphatic heterocycles. The van der Waals surface area contributed by atoms with Crippen LogP contribution in [0, 0.1) is 0 Å². The van der Waals surface area contributed by atoms with E-state index in [-0.39, 0.29) is 5.75 Å². The van der Waals surface area contributed by atoms with Gasteiger partial charge in [0.25, 0.3) is 5.17 Å². The minimum absolute atomic E-state index is 0.193. The fourth-order valence-corrected chi connectivity index (χ4v) is 2.12. The molecule has 0 aliphatic rings. The fourth-order valence-electron chi connectivity index (χ4n) is 1.91. The highest BCUT2D eigenvalue weighted by Crippen LogP contribution is 2.35. The number of aromatic hydroxyl groups is 1. The van der Waals surface area contributed by atoms with Gasteiger partial charge in [0.15, 0.2) is 0 Å². The van der Waals surface area contributed by atoms with Crippen LogP contribution in [0.2, 0.25) is 0 Å². The van der Waals surface area contributed by atoms with Crippen molar-refractivity contribution in [3.05, 3.63) is 36.4 Å². The molecule has 1 N–H and O–H groups in total. The Morgan fingerprint density at radius 2 is 2.00 bits per heavy atom. The quantitative estimate of drug-likeness (QED) is 0.841. The number of benzene rings is 2. The Bertz CT molecular complexity index is 583. The molecule has 0 aliphatic carbocycles. The second kappa shape index (κ2) is 5.23. The zero-order valence-electron chi connectivity index (χ0n) is 10.4. The largest absolute Gasteiger partial charge is 0.506 e. The van der Waals surface area contributed by atoms with Crippen molar-refractivity contribution < 1.29 is 9.84 Å². The summed E-state index contributed by atoms with van der Waals surface area (Å²) in [7, 11) is 1.79. The van der Waals surface area contributed by atoms with Crippen LogP contribution >= 0.6 is 12.2 Å². The average molecular weight is 261 g/mol. The standard InChI is InChI=1S/C14H15NO2S/c1-3-17-14(18)15(2)13-11-7-5-4-6-10(11)8-9-12(13)16/h4-9,16H,3H2,1-2H3. The SMILES string of the molecule is CCOC(=S)N(C)c1c(O)ccc2ccccc12. The molecule has 2 rings (SSSR count). The second-order valence-electron chi connectivity index (χ2n) is 3.91. The van der Waals surface area contributed by atoms with E-state index in [0.29, 0.717) is 17.5 Å². The van der Waals surface area contributed by atoms with E-state index in [1.165, 1.54) is 0 Å². The summed E-state index contributed by atoms with van der Waals surface area (Å²) in [6.07, 6.45) is 0. The number of fused-ring (bicyclic) bond motifs is 1. The van der Waals surface area contributed by atoms with Crippen LogP contribution in [0.1, 0.15) is 6.92 Å². The van der Waals surface area contributed by atoms with E-state index in [2.05, 4.69) is 0 Å². The molecule has 0 unspecified atom stereocenters. The number of phenols is 1. The first-order chi connectivity index (χ1) is 8.65. The van der Waals surface area contributed by atoms with Crippen LogP contribution in [0.4, 0.5) is 5.69 Å². The van der Waals surface area contributed by atoms with E-state index < -0.39 is 0 Å². The number of hydrogen-bond acceptors (Lipinski definition) is 3. The number of nitrogens with zero attached hydrogens (tertiary/aromatic N) is 1. The lowest BCUT2D eigenvalue weighted by molar-refractivity contribution is 0.329. The topological polar surface area (TPSA) is 32.7 Å². The van der Waals surface area contributed by atoms with E-state index in [9.17, 15) is 5.11 Å². The van der Waals surface area contributed by atoms with Crippen molar-refractivity contribution in [1.29, 1.82) is 0 Å². The molecule has 0 heterocycles. The predicted molar refractivity (Wildman–Crippen MR) is 78.2 cm³/mol. The molecule has 4 heteroatoms. The molecule has 0 amide bonds. The highest BCUT2D eigenvalue weighted by molar-refractivity contribution is 7.80. The van der Waals surface area contributed by atoms with E-state index in [0.717, 1.165) is 10.8 Å². The van der Waals surface area contributed by atoms with Crippen molar-refractivity contribution >= 4 is 33.9 Å². The van der Waals surface area contributed by atoms with Gasteiger partial charge in [-0.15, -0.1) is 0 Å². The smallest absolute Gasteiger partial charge is 0.263 e. The lowest BCUT2D eigenvalue weighted by Gasteiger charge is -2.22. The maximum atomic E-state index is 10.0. The zero-order chi connectivity index (χ0) is 13.1. The van der Waals surface area contributed by atoms with Gasteiger partial charge in [-0.3, -0.25) is 0 Å². The Balaban J connectivity index is 2.55. The molecule has 0 fully saturated rings. The van der Waals surface area contributed by atoms with Crippen LogP contribution in [0.25, 0.3) is 10.8 Å². The molecule has 94 valence electrons. The number of ether oxygens (including phenoxy) is 1. The summed E-state index contributed by atoms with van der Waals surface area (Å²) < 4.78 is 5.31. The van der Waals surface area contributed by atoms with Crippen LogP contribution in [0.15, 0.2) is 36.4 Å². The molecule has 0 saturated heterocycles. The summed E-state index contributed by atoms with van der Waals surface area (Å²) >= 11 is 5.17. The predicted octanol–water partition coefficient (Wildman–Crippen LogP) is 3.30. The fraction of sp³-hybridized carbons (Fsp3) is 0.214. The van der Waals surface area contributed by atoms with Gasteiger partial charge in [-0.1, -0.05) is 30.3 Å². The maximum absolute atomic E-state index is 10.0. The first-order valence-electron chi connectivity index (χ1n) is 5.76. The molecule has 18 heavy (non-hydrogen) atoms. The van der Waals surface area contributed by atoms with E-state index in [1.807, 2.05) is 37.3 Å². The second-order valence-corrected chi connectivity index (χ2v) is 4.26. The number of thiocarbonyl (C=S) groups is 1. The molecule has 0 atom stereocenters. The van der Waals surface area contributed by atoms with Gasteiger partial charge in [-0.25, -0.2) is 0 Å². The molecular weight excluding hydrogens is 246 g/mol. The van der Waals surface area contributed by atoms with Gasteiger partial charge in [0.2, 0.25) is 0 Å². The molecule has 2 aromatic carbocycles. The van der Waals surface area contributed by atoms with E-state index >= 15 is 0 Å². The van der Waals surface area contributed by atoms with Gasteiger partial charge < -0.3 is 14.7 Å². The summed E-state index contributed by atoms with van der Waals surface area (Å²) in [5, 5.41) is 12.4. The molecular formula is C14H15NO2S. The third-order valence-electron chi connectivity index (χ3n) is 2.76. The van der Waals surface area contributed by atoms with Gasteiger partial charge in [0, 0.05) is 12.4 Å². The van der Waals surface area contributed by atoms with Gasteiger partial charge >= 0.3 is 0 Å². The Kier molecular flexibility index (Phi) is 3.67. The maximum Gasteiger partial charge on any atom is 0.263 e. The number of anilines is 1. The first kappa shape index (κ1) is 12.6. The molecule has 0 radical (unpaired) electrons. The Labute approximate surface area is 112 Å². The number of rotatable bonds is 2. The minimum atomic E-state index is 0.193. The highest BCUT2D eigenvalue weighted by atomic mass is 32.1. The van der Waals surface area contributed by atoms with Crippen molar-refractivity contribution in [1.82, 2.24) is 0 Å². The summed E-state index contributed by atoms with van der Waals surface area (Å²) in [6.45, 7) is 2.39. The van der Waals surface area contributed by atoms with Crippen molar-refractivity contribution in [2.45, 2.75) is 6.92 Å². The number of phenolic OH excluding ortho intramolecular Hbond substituents is 1. The van der Waals surface area contributed by atoms with Gasteiger partial charge in [-0.2, -0.15) is 0 Å². The molecule has 0 aromatic heterocycles. The summed E-state index contributed by atoms with van der Waals surface area (Å²) in [6, 6.07) is 11.4. The Hall–Kier alpha value is -1.81. The van der Waals surface area contributed by atoms with E-state index in [4.69, 9.17) is 17.0 Å². The Morgan fingerprint density at radius 3 is 2.72 bits per heavy atom. The average Bonchev–Trinajstić information content (AvgIpc) is 2.38. The lowest BCUT2D eigenvalue weighted by atomic mass is 10.1. The molecule has 2 aromatic rings. The lowest BCUT2D eigenvalue weighted by Crippen LogP contribution is -2.27. The van der Waals surface area contributed by atoms with Gasteiger partial charge in [0.05, 0.1) is 12.3 Å². The molecule has 0 spiro atoms. The number of hydrogen-bond donors (Lipinski definition) is 1. The van der Waals surface area contributed by atoms with E-state index in [1.54, 1.807) is 18.0 Å². The summed E-state index contributed by atoms with van der Waals surface area (Å²) in [5.41, 5.74) is 0.673. The van der Waals surface area contributed by atoms with Gasteiger partial charge in [-0.05, 0) is 30.6 Å². The van der Waals surface area contributed by atoms with Crippen molar-refractivity contribution in [2.24, 2.45) is 0 Å². The van der Waals surface area contributed by atoms with Crippen LogP contribution in [-0.4, -0.2) is 23.9 Å².